The molecule has 0 unspecified atom stereocenters. The maximum Gasteiger partial charge on any atom is 0.352 e. The number of aromatic nitrogens is 2. The maximum absolute atomic E-state index is 13.6. The summed E-state index contributed by atoms with van der Waals surface area (Å²) in [5.41, 5.74) is -0.213. The van der Waals surface area contributed by atoms with Crippen molar-refractivity contribution >= 4 is 5.82 Å². The van der Waals surface area contributed by atoms with Crippen LogP contribution in [0.2, 0.25) is 0 Å². The smallest absolute Gasteiger partial charge is 0.352 e. The zero-order chi connectivity index (χ0) is 16.7. The Hall–Kier alpha value is -2.48. The maximum atomic E-state index is 13.6. The molecule has 1 aromatic carbocycles. The molecular formula is C16H15F2N3O3. The van der Waals surface area contributed by atoms with Crippen molar-refractivity contribution in [3.8, 4) is 5.88 Å². The van der Waals surface area contributed by atoms with Gasteiger partial charge in [-0.15, -0.1) is 0 Å². The SMILES string of the molecule is O=c1nc(OCc2ccc(F)cc2F)cc2n1C[C@@H]1CCOCN21. The highest BCUT2D eigenvalue weighted by Gasteiger charge is 2.33. The second kappa shape index (κ2) is 5.86. The van der Waals surface area contributed by atoms with Gasteiger partial charge in [0, 0.05) is 24.2 Å². The molecule has 126 valence electrons. The van der Waals surface area contributed by atoms with E-state index in [1.807, 2.05) is 4.90 Å². The zero-order valence-corrected chi connectivity index (χ0v) is 12.7. The van der Waals surface area contributed by atoms with Crippen LogP contribution in [0, 0.1) is 11.6 Å². The lowest BCUT2D eigenvalue weighted by molar-refractivity contribution is 0.0903. The minimum Gasteiger partial charge on any atom is -0.472 e. The van der Waals surface area contributed by atoms with Gasteiger partial charge in [-0.2, -0.15) is 4.98 Å². The van der Waals surface area contributed by atoms with Gasteiger partial charge >= 0.3 is 5.69 Å². The van der Waals surface area contributed by atoms with Crippen LogP contribution in [-0.4, -0.2) is 28.9 Å². The van der Waals surface area contributed by atoms with E-state index in [2.05, 4.69) is 4.98 Å². The van der Waals surface area contributed by atoms with E-state index in [4.69, 9.17) is 9.47 Å². The number of nitrogens with zero attached hydrogens (tertiary/aromatic N) is 3. The summed E-state index contributed by atoms with van der Waals surface area (Å²) in [5.74, 6) is -0.547. The van der Waals surface area contributed by atoms with E-state index in [1.54, 1.807) is 10.6 Å². The number of fused-ring (bicyclic) bond motifs is 3. The lowest BCUT2D eigenvalue weighted by atomic mass is 10.2. The van der Waals surface area contributed by atoms with Crippen molar-refractivity contribution in [1.29, 1.82) is 0 Å². The second-order valence-electron chi connectivity index (χ2n) is 5.82. The van der Waals surface area contributed by atoms with Crippen LogP contribution in [0.1, 0.15) is 12.0 Å². The molecule has 0 N–H and O–H groups in total. The standard InChI is InChI=1S/C16H15F2N3O3/c17-11-2-1-10(13(18)5-11)8-24-14-6-15-20(16(22)19-14)7-12-3-4-23-9-21(12)15/h1-2,5-6,12H,3-4,7-9H2/t12-/m0/s1. The molecular weight excluding hydrogens is 320 g/mol. The number of anilines is 1. The Bertz CT molecular complexity index is 840. The fraction of sp³-hybridized carbons (Fsp3) is 0.375. The third-order valence-electron chi connectivity index (χ3n) is 4.31. The van der Waals surface area contributed by atoms with Gasteiger partial charge in [-0.05, 0) is 18.6 Å². The third kappa shape index (κ3) is 2.62. The molecule has 2 aliphatic heterocycles. The topological polar surface area (TPSA) is 56.6 Å². The Kier molecular flexibility index (Phi) is 3.68. The van der Waals surface area contributed by atoms with Crippen LogP contribution in [0.15, 0.2) is 29.1 Å². The van der Waals surface area contributed by atoms with Crippen molar-refractivity contribution in [3.05, 3.63) is 51.9 Å². The minimum absolute atomic E-state index is 0.112. The average Bonchev–Trinajstić information content (AvgIpc) is 2.94. The first-order valence-corrected chi connectivity index (χ1v) is 7.65. The molecule has 1 saturated heterocycles. The molecule has 2 aromatic rings. The molecule has 0 amide bonds. The van der Waals surface area contributed by atoms with Gasteiger partial charge in [0.1, 0.15) is 30.8 Å². The summed E-state index contributed by atoms with van der Waals surface area (Å²) >= 11 is 0. The van der Waals surface area contributed by atoms with E-state index in [9.17, 15) is 13.6 Å². The predicted molar refractivity (Wildman–Crippen MR) is 80.9 cm³/mol. The van der Waals surface area contributed by atoms with Gasteiger partial charge in [0.25, 0.3) is 0 Å². The molecule has 1 aromatic heterocycles. The number of rotatable bonds is 3. The van der Waals surface area contributed by atoms with Gasteiger partial charge in [-0.3, -0.25) is 4.57 Å². The second-order valence-corrected chi connectivity index (χ2v) is 5.82. The van der Waals surface area contributed by atoms with Crippen molar-refractivity contribution in [2.45, 2.75) is 25.6 Å². The predicted octanol–water partition coefficient (Wildman–Crippen LogP) is 1.67. The first-order valence-electron chi connectivity index (χ1n) is 7.65. The molecule has 0 radical (unpaired) electrons. The third-order valence-corrected chi connectivity index (χ3v) is 4.31. The molecule has 1 fully saturated rings. The van der Waals surface area contributed by atoms with E-state index in [0.29, 0.717) is 25.7 Å². The molecule has 3 heterocycles. The zero-order valence-electron chi connectivity index (χ0n) is 12.7. The average molecular weight is 335 g/mol. The van der Waals surface area contributed by atoms with Crippen LogP contribution in [0.3, 0.4) is 0 Å². The summed E-state index contributed by atoms with van der Waals surface area (Å²) in [6.07, 6.45) is 0.845. The molecule has 24 heavy (non-hydrogen) atoms. The van der Waals surface area contributed by atoms with Gasteiger partial charge < -0.3 is 14.4 Å². The number of halogens is 2. The molecule has 2 aliphatic rings. The van der Waals surface area contributed by atoms with Crippen molar-refractivity contribution in [1.82, 2.24) is 9.55 Å². The Morgan fingerprint density at radius 1 is 1.33 bits per heavy atom. The molecule has 0 aliphatic carbocycles. The molecule has 8 heteroatoms. The van der Waals surface area contributed by atoms with E-state index < -0.39 is 17.3 Å². The van der Waals surface area contributed by atoms with Crippen LogP contribution >= 0.6 is 0 Å². The van der Waals surface area contributed by atoms with Crippen molar-refractivity contribution in [2.75, 3.05) is 18.2 Å². The number of ether oxygens (including phenoxy) is 2. The van der Waals surface area contributed by atoms with Gasteiger partial charge in [-0.25, -0.2) is 13.6 Å². The lowest BCUT2D eigenvalue weighted by Gasteiger charge is -2.30. The summed E-state index contributed by atoms with van der Waals surface area (Å²) in [4.78, 5) is 18.1. The summed E-state index contributed by atoms with van der Waals surface area (Å²) in [6, 6.07) is 5.12. The van der Waals surface area contributed by atoms with Gasteiger partial charge in [0.15, 0.2) is 0 Å². The summed E-state index contributed by atoms with van der Waals surface area (Å²) < 4.78 is 39.0. The molecule has 0 spiro atoms. The minimum atomic E-state index is -0.697. The van der Waals surface area contributed by atoms with E-state index in [0.717, 1.165) is 18.6 Å². The van der Waals surface area contributed by atoms with Crippen molar-refractivity contribution < 1.29 is 18.3 Å². The quantitative estimate of drug-likeness (QED) is 0.854. The van der Waals surface area contributed by atoms with Gasteiger partial charge in [-0.1, -0.05) is 0 Å². The highest BCUT2D eigenvalue weighted by Crippen LogP contribution is 2.30. The Balaban J connectivity index is 1.57. The summed E-state index contributed by atoms with van der Waals surface area (Å²) in [6.45, 7) is 1.53. The number of hydrogen-bond donors (Lipinski definition) is 0. The molecule has 1 atom stereocenters. The Morgan fingerprint density at radius 3 is 3.04 bits per heavy atom. The van der Waals surface area contributed by atoms with Crippen molar-refractivity contribution in [3.63, 3.8) is 0 Å². The first kappa shape index (κ1) is 15.1. The van der Waals surface area contributed by atoms with Crippen LogP contribution < -0.4 is 15.3 Å². The lowest BCUT2D eigenvalue weighted by Crippen LogP contribution is -2.39. The largest absolute Gasteiger partial charge is 0.472 e. The first-order chi connectivity index (χ1) is 11.6. The van der Waals surface area contributed by atoms with Crippen LogP contribution in [0.4, 0.5) is 14.6 Å². The Morgan fingerprint density at radius 2 is 2.21 bits per heavy atom. The fourth-order valence-electron chi connectivity index (χ4n) is 3.04. The molecule has 6 nitrogen and oxygen atoms in total. The van der Waals surface area contributed by atoms with Crippen LogP contribution in [0.5, 0.6) is 5.88 Å². The highest BCUT2D eigenvalue weighted by molar-refractivity contribution is 5.46. The number of benzene rings is 1. The monoisotopic (exact) mass is 335 g/mol. The van der Waals surface area contributed by atoms with E-state index in [-0.39, 0.29) is 24.1 Å². The normalized spacial score (nSPS) is 19.1. The molecule has 4 rings (SSSR count). The highest BCUT2D eigenvalue weighted by atomic mass is 19.1. The summed E-state index contributed by atoms with van der Waals surface area (Å²) in [5, 5.41) is 0. The summed E-state index contributed by atoms with van der Waals surface area (Å²) in [7, 11) is 0. The van der Waals surface area contributed by atoms with E-state index in [1.165, 1.54) is 6.07 Å². The van der Waals surface area contributed by atoms with Gasteiger partial charge in [0.05, 0.1) is 12.6 Å². The van der Waals surface area contributed by atoms with Crippen LogP contribution in [0.25, 0.3) is 0 Å². The Labute approximate surface area is 136 Å². The molecule has 0 saturated carbocycles. The van der Waals surface area contributed by atoms with Crippen LogP contribution in [-0.2, 0) is 17.9 Å². The van der Waals surface area contributed by atoms with Crippen molar-refractivity contribution in [2.24, 2.45) is 0 Å². The number of hydrogen-bond acceptors (Lipinski definition) is 5. The van der Waals surface area contributed by atoms with E-state index >= 15 is 0 Å². The molecule has 0 bridgehead atoms. The fourth-order valence-corrected chi connectivity index (χ4v) is 3.04. The van der Waals surface area contributed by atoms with Gasteiger partial charge in [0.2, 0.25) is 5.88 Å².